The van der Waals surface area contributed by atoms with Crippen LogP contribution in [0.15, 0.2) is 24.3 Å². The molecule has 1 aliphatic carbocycles. The lowest BCUT2D eigenvalue weighted by Gasteiger charge is -2.16. The van der Waals surface area contributed by atoms with Crippen LogP contribution in [0.5, 0.6) is 11.5 Å². The smallest absolute Gasteiger partial charge is 0.344 e. The van der Waals surface area contributed by atoms with Gasteiger partial charge in [-0.15, -0.1) is 0 Å². The molecule has 6 nitrogen and oxygen atoms in total. The van der Waals surface area contributed by atoms with E-state index in [1.807, 2.05) is 0 Å². The summed E-state index contributed by atoms with van der Waals surface area (Å²) in [5, 5.41) is 2.93. The standard InChI is InChI=1S/C18H25NO5/c1-22-15-8-10-16(11-9-15)23-13-18(21)24-12-17(20)19-14-6-4-2-3-5-7-14/h8-11,14H,2-7,12-13H2,1H3,(H,19,20). The molecule has 1 aromatic rings. The van der Waals surface area contributed by atoms with Crippen molar-refractivity contribution in [2.24, 2.45) is 0 Å². The predicted octanol–water partition coefficient (Wildman–Crippen LogP) is 2.46. The van der Waals surface area contributed by atoms with E-state index in [4.69, 9.17) is 14.2 Å². The Kier molecular flexibility index (Phi) is 7.39. The van der Waals surface area contributed by atoms with E-state index in [2.05, 4.69) is 5.32 Å². The lowest BCUT2D eigenvalue weighted by atomic mass is 10.1. The second-order valence-corrected chi connectivity index (χ2v) is 5.88. The number of ether oxygens (including phenoxy) is 3. The molecule has 0 bridgehead atoms. The zero-order valence-corrected chi connectivity index (χ0v) is 14.1. The second-order valence-electron chi connectivity index (χ2n) is 5.88. The molecule has 1 fully saturated rings. The zero-order chi connectivity index (χ0) is 17.2. The van der Waals surface area contributed by atoms with Crippen molar-refractivity contribution < 1.29 is 23.8 Å². The Hall–Kier alpha value is -2.24. The van der Waals surface area contributed by atoms with Crippen LogP contribution in [0.3, 0.4) is 0 Å². The molecule has 0 aromatic heterocycles. The van der Waals surface area contributed by atoms with Gasteiger partial charge in [0.25, 0.3) is 5.91 Å². The molecule has 1 aliphatic rings. The van der Waals surface area contributed by atoms with Crippen LogP contribution in [0, 0.1) is 0 Å². The Balaban J connectivity index is 1.63. The number of amides is 1. The van der Waals surface area contributed by atoms with Gasteiger partial charge in [-0.05, 0) is 37.1 Å². The van der Waals surface area contributed by atoms with Gasteiger partial charge in [0.1, 0.15) is 11.5 Å². The number of nitrogens with one attached hydrogen (secondary N) is 1. The fourth-order valence-corrected chi connectivity index (χ4v) is 2.69. The van der Waals surface area contributed by atoms with Gasteiger partial charge in [-0.3, -0.25) is 4.79 Å². The number of benzene rings is 1. The molecule has 0 atom stereocenters. The summed E-state index contributed by atoms with van der Waals surface area (Å²) in [6.45, 7) is -0.496. The van der Waals surface area contributed by atoms with Crippen molar-refractivity contribution >= 4 is 11.9 Å². The van der Waals surface area contributed by atoms with Crippen molar-refractivity contribution in [3.63, 3.8) is 0 Å². The Morgan fingerprint density at radius 2 is 1.62 bits per heavy atom. The number of carbonyl (C=O) groups excluding carboxylic acids is 2. The van der Waals surface area contributed by atoms with Gasteiger partial charge in [0.15, 0.2) is 13.2 Å². The Labute approximate surface area is 142 Å². The van der Waals surface area contributed by atoms with Gasteiger partial charge in [-0.2, -0.15) is 0 Å². The van der Waals surface area contributed by atoms with Crippen LogP contribution in [-0.2, 0) is 14.3 Å². The van der Waals surface area contributed by atoms with Crippen LogP contribution in [0.2, 0.25) is 0 Å². The lowest BCUT2D eigenvalue weighted by Crippen LogP contribution is -2.37. The second kappa shape index (κ2) is 9.80. The number of hydrogen-bond donors (Lipinski definition) is 1. The van der Waals surface area contributed by atoms with E-state index in [0.717, 1.165) is 25.7 Å². The third-order valence-corrected chi connectivity index (χ3v) is 4.00. The van der Waals surface area contributed by atoms with Crippen molar-refractivity contribution in [3.8, 4) is 11.5 Å². The maximum Gasteiger partial charge on any atom is 0.344 e. The Morgan fingerprint density at radius 1 is 1.00 bits per heavy atom. The van der Waals surface area contributed by atoms with E-state index in [9.17, 15) is 9.59 Å². The average Bonchev–Trinajstić information content (AvgIpc) is 2.87. The summed E-state index contributed by atoms with van der Waals surface area (Å²) in [4.78, 5) is 23.5. The molecule has 6 heteroatoms. The number of carbonyl (C=O) groups is 2. The van der Waals surface area contributed by atoms with Gasteiger partial charge in [-0.25, -0.2) is 4.79 Å². The molecule has 0 radical (unpaired) electrons. The van der Waals surface area contributed by atoms with E-state index in [1.54, 1.807) is 31.4 Å². The van der Waals surface area contributed by atoms with Crippen molar-refractivity contribution in [1.82, 2.24) is 5.32 Å². The SMILES string of the molecule is COc1ccc(OCC(=O)OCC(=O)NC2CCCCCC2)cc1. The number of rotatable bonds is 7. The molecule has 0 aliphatic heterocycles. The summed E-state index contributed by atoms with van der Waals surface area (Å²) in [7, 11) is 1.58. The third kappa shape index (κ3) is 6.48. The number of methoxy groups -OCH3 is 1. The first kappa shape index (κ1) is 18.1. The predicted molar refractivity (Wildman–Crippen MR) is 89.1 cm³/mol. The molecular weight excluding hydrogens is 310 g/mol. The molecule has 24 heavy (non-hydrogen) atoms. The van der Waals surface area contributed by atoms with E-state index in [-0.39, 0.29) is 25.2 Å². The summed E-state index contributed by atoms with van der Waals surface area (Å²) in [5.74, 6) is 0.428. The molecule has 1 aromatic carbocycles. The lowest BCUT2D eigenvalue weighted by molar-refractivity contribution is -0.150. The Bertz CT molecular complexity index is 521. The van der Waals surface area contributed by atoms with Gasteiger partial charge in [0, 0.05) is 6.04 Å². The maximum atomic E-state index is 11.8. The van der Waals surface area contributed by atoms with Crippen molar-refractivity contribution in [3.05, 3.63) is 24.3 Å². The highest BCUT2D eigenvalue weighted by Crippen LogP contribution is 2.17. The van der Waals surface area contributed by atoms with Crippen LogP contribution in [-0.4, -0.2) is 38.2 Å². The molecule has 0 heterocycles. The first-order chi connectivity index (χ1) is 11.7. The summed E-state index contributed by atoms with van der Waals surface area (Å²) in [6.07, 6.45) is 6.73. The minimum Gasteiger partial charge on any atom is -0.497 e. The highest BCUT2D eigenvalue weighted by atomic mass is 16.6. The van der Waals surface area contributed by atoms with Gasteiger partial charge in [0.2, 0.25) is 0 Å². The van der Waals surface area contributed by atoms with E-state index < -0.39 is 5.97 Å². The maximum absolute atomic E-state index is 11.8. The van der Waals surface area contributed by atoms with Gasteiger partial charge in [0.05, 0.1) is 7.11 Å². The third-order valence-electron chi connectivity index (χ3n) is 4.00. The summed E-state index contributed by atoms with van der Waals surface area (Å²) in [6, 6.07) is 7.08. The van der Waals surface area contributed by atoms with E-state index in [0.29, 0.717) is 11.5 Å². The van der Waals surface area contributed by atoms with Crippen LogP contribution in [0.4, 0.5) is 0 Å². The normalized spacial score (nSPS) is 15.2. The first-order valence-corrected chi connectivity index (χ1v) is 8.39. The highest BCUT2D eigenvalue weighted by molar-refractivity contribution is 5.81. The first-order valence-electron chi connectivity index (χ1n) is 8.39. The van der Waals surface area contributed by atoms with Gasteiger partial charge in [-0.1, -0.05) is 25.7 Å². The van der Waals surface area contributed by atoms with E-state index in [1.165, 1.54) is 12.8 Å². The number of esters is 1. The molecular formula is C18H25NO5. The fraction of sp³-hybridized carbons (Fsp3) is 0.556. The minimum absolute atomic E-state index is 0.203. The minimum atomic E-state index is -0.568. The molecule has 1 N–H and O–H groups in total. The quantitative estimate of drug-likeness (QED) is 0.612. The van der Waals surface area contributed by atoms with Crippen molar-refractivity contribution in [1.29, 1.82) is 0 Å². The van der Waals surface area contributed by atoms with Crippen LogP contribution >= 0.6 is 0 Å². The fourth-order valence-electron chi connectivity index (χ4n) is 2.69. The monoisotopic (exact) mass is 335 g/mol. The largest absolute Gasteiger partial charge is 0.497 e. The topological polar surface area (TPSA) is 73.9 Å². The molecule has 0 saturated heterocycles. The molecule has 1 saturated carbocycles. The van der Waals surface area contributed by atoms with Crippen molar-refractivity contribution in [2.75, 3.05) is 20.3 Å². The van der Waals surface area contributed by atoms with Gasteiger partial charge >= 0.3 is 5.97 Å². The molecule has 132 valence electrons. The van der Waals surface area contributed by atoms with E-state index >= 15 is 0 Å². The van der Waals surface area contributed by atoms with Crippen LogP contribution in [0.25, 0.3) is 0 Å². The molecule has 0 unspecified atom stereocenters. The molecule has 1 amide bonds. The van der Waals surface area contributed by atoms with Crippen LogP contribution in [0.1, 0.15) is 38.5 Å². The number of hydrogen-bond acceptors (Lipinski definition) is 5. The highest BCUT2D eigenvalue weighted by Gasteiger charge is 2.16. The summed E-state index contributed by atoms with van der Waals surface area (Å²) in [5.41, 5.74) is 0. The molecule has 2 rings (SSSR count). The summed E-state index contributed by atoms with van der Waals surface area (Å²) >= 11 is 0. The Morgan fingerprint density at radius 3 is 2.25 bits per heavy atom. The summed E-state index contributed by atoms with van der Waals surface area (Å²) < 4.78 is 15.3. The van der Waals surface area contributed by atoms with Gasteiger partial charge < -0.3 is 19.5 Å². The van der Waals surface area contributed by atoms with Crippen LogP contribution < -0.4 is 14.8 Å². The molecule has 0 spiro atoms. The average molecular weight is 335 g/mol. The zero-order valence-electron chi connectivity index (χ0n) is 14.1. The van der Waals surface area contributed by atoms with Crippen molar-refractivity contribution in [2.45, 2.75) is 44.6 Å².